The highest BCUT2D eigenvalue weighted by Gasteiger charge is 2.71. The van der Waals surface area contributed by atoms with Gasteiger partial charge < -0.3 is 24.8 Å². The lowest BCUT2D eigenvalue weighted by Gasteiger charge is -2.65. The summed E-state index contributed by atoms with van der Waals surface area (Å²) in [6.45, 7) is 7.49. The number of aliphatic hydroxyl groups is 3. The van der Waals surface area contributed by atoms with E-state index in [4.69, 9.17) is 14.5 Å². The van der Waals surface area contributed by atoms with Crippen LogP contribution in [0, 0.1) is 28.6 Å². The average molecular weight is 516 g/mol. The van der Waals surface area contributed by atoms with Crippen molar-refractivity contribution in [2.45, 2.75) is 120 Å². The van der Waals surface area contributed by atoms with E-state index in [1.165, 1.54) is 0 Å². The molecule has 6 aliphatic rings. The largest absolute Gasteiger partial charge is 0.458 e. The molecule has 0 aromatic heterocycles. The Balaban J connectivity index is 1.35. The smallest absolute Gasteiger partial charge is 0.331 e. The van der Waals surface area contributed by atoms with Gasteiger partial charge in [-0.2, -0.15) is 0 Å². The summed E-state index contributed by atoms with van der Waals surface area (Å²) < 4.78 is 11.2. The van der Waals surface area contributed by atoms with Gasteiger partial charge in [0.15, 0.2) is 0 Å². The standard InChI is InChI=1S/C30H45NO6/c1-26(2)15-20(8-13-37-26)31-18-28-10-4-21(32)16-29(28,34)11-6-24-23(28)5-9-27(3)22(7-12-30(24,27)35)19-14-25(33)36-17-19/h14,18,20-24,32,34-35H,4-13,15-17H2,1-3H3/t20-,21-,22+,23-,24+,27+,28-,29-,30-/m0/s1. The number of hydrogen-bond acceptors (Lipinski definition) is 7. The van der Waals surface area contributed by atoms with Crippen molar-refractivity contribution in [2.75, 3.05) is 13.2 Å². The van der Waals surface area contributed by atoms with Crippen LogP contribution in [0.4, 0.5) is 0 Å². The molecule has 6 rings (SSSR count). The predicted octanol–water partition coefficient (Wildman–Crippen LogP) is 3.73. The molecule has 0 amide bonds. The molecule has 9 atom stereocenters. The van der Waals surface area contributed by atoms with Crippen molar-refractivity contribution < 1.29 is 29.6 Å². The summed E-state index contributed by atoms with van der Waals surface area (Å²) in [5.74, 6) is 0.0521. The lowest BCUT2D eigenvalue weighted by molar-refractivity contribution is -0.237. The van der Waals surface area contributed by atoms with Crippen LogP contribution in [0.3, 0.4) is 0 Å². The van der Waals surface area contributed by atoms with Gasteiger partial charge in [-0.1, -0.05) is 6.92 Å². The molecular formula is C30H45NO6. The van der Waals surface area contributed by atoms with Crippen molar-refractivity contribution in [3.8, 4) is 0 Å². The second-order valence-electron chi connectivity index (χ2n) is 14.1. The van der Waals surface area contributed by atoms with Crippen molar-refractivity contribution in [1.82, 2.24) is 0 Å². The van der Waals surface area contributed by atoms with E-state index >= 15 is 0 Å². The van der Waals surface area contributed by atoms with Gasteiger partial charge in [-0.05, 0) is 101 Å². The Morgan fingerprint density at radius 3 is 2.49 bits per heavy atom. The minimum Gasteiger partial charge on any atom is -0.458 e. The van der Waals surface area contributed by atoms with Gasteiger partial charge in [-0.3, -0.25) is 4.99 Å². The molecule has 4 aliphatic carbocycles. The molecule has 0 unspecified atom stereocenters. The van der Waals surface area contributed by atoms with Crippen LogP contribution in [0.2, 0.25) is 0 Å². The van der Waals surface area contributed by atoms with Gasteiger partial charge in [0.05, 0.1) is 28.9 Å². The number of fused-ring (bicyclic) bond motifs is 5. The Labute approximate surface area is 220 Å². The van der Waals surface area contributed by atoms with Crippen LogP contribution in [0.25, 0.3) is 0 Å². The maximum absolute atomic E-state index is 12.5. The highest BCUT2D eigenvalue weighted by Crippen LogP contribution is 2.70. The summed E-state index contributed by atoms with van der Waals surface area (Å²) in [4.78, 5) is 17.0. The molecule has 2 heterocycles. The lowest BCUT2D eigenvalue weighted by Crippen LogP contribution is -2.68. The molecule has 5 fully saturated rings. The minimum atomic E-state index is -1.01. The molecule has 2 aliphatic heterocycles. The van der Waals surface area contributed by atoms with Crippen LogP contribution in [0.5, 0.6) is 0 Å². The summed E-state index contributed by atoms with van der Waals surface area (Å²) in [5.41, 5.74) is -1.89. The quantitative estimate of drug-likeness (QED) is 0.390. The first kappa shape index (κ1) is 26.0. The lowest BCUT2D eigenvalue weighted by atomic mass is 9.41. The van der Waals surface area contributed by atoms with Crippen LogP contribution < -0.4 is 0 Å². The zero-order valence-electron chi connectivity index (χ0n) is 22.7. The second kappa shape index (κ2) is 8.61. The summed E-state index contributed by atoms with van der Waals surface area (Å²) in [6.07, 6.45) is 11.4. The summed E-state index contributed by atoms with van der Waals surface area (Å²) in [7, 11) is 0. The number of hydrogen-bond donors (Lipinski definition) is 3. The molecule has 3 N–H and O–H groups in total. The van der Waals surface area contributed by atoms with Crippen molar-refractivity contribution in [3.05, 3.63) is 11.6 Å². The van der Waals surface area contributed by atoms with Crippen molar-refractivity contribution in [2.24, 2.45) is 33.6 Å². The summed E-state index contributed by atoms with van der Waals surface area (Å²) in [6, 6.07) is 0.161. The number of esters is 1. The van der Waals surface area contributed by atoms with Crippen LogP contribution >= 0.6 is 0 Å². The zero-order chi connectivity index (χ0) is 26.3. The Bertz CT molecular complexity index is 1010. The van der Waals surface area contributed by atoms with Crippen LogP contribution in [0.1, 0.15) is 91.4 Å². The van der Waals surface area contributed by atoms with Crippen molar-refractivity contribution >= 4 is 12.2 Å². The Hall–Kier alpha value is -1.28. The normalized spacial score (nSPS) is 51.2. The van der Waals surface area contributed by atoms with E-state index in [2.05, 4.69) is 27.0 Å². The van der Waals surface area contributed by atoms with E-state index in [-0.39, 0.29) is 40.8 Å². The molecule has 7 heteroatoms. The van der Waals surface area contributed by atoms with E-state index in [1.807, 2.05) is 0 Å². The second-order valence-corrected chi connectivity index (χ2v) is 14.1. The van der Waals surface area contributed by atoms with E-state index < -0.39 is 22.7 Å². The first-order valence-corrected chi connectivity index (χ1v) is 14.6. The number of carbonyl (C=O) groups excluding carboxylic acids is 1. The van der Waals surface area contributed by atoms with E-state index in [9.17, 15) is 20.1 Å². The molecule has 7 nitrogen and oxygen atoms in total. The molecule has 0 aromatic rings. The topological polar surface area (TPSA) is 109 Å². The Morgan fingerprint density at radius 2 is 1.76 bits per heavy atom. The SMILES string of the molecule is CC1(C)C[C@@H](N=C[C@]23CC[C@H](O)C[C@@]2(O)CC[C@@H]2[C@@H]3CC[C@]3(C)[C@@H](C4=CC(=O)OC4)CC[C@]23O)CCO1. The van der Waals surface area contributed by atoms with Gasteiger partial charge in [0.2, 0.25) is 0 Å². The van der Waals surface area contributed by atoms with Gasteiger partial charge in [-0.25, -0.2) is 4.79 Å². The number of aliphatic hydroxyl groups excluding tert-OH is 1. The molecule has 37 heavy (non-hydrogen) atoms. The van der Waals surface area contributed by atoms with Gasteiger partial charge >= 0.3 is 5.97 Å². The highest BCUT2D eigenvalue weighted by atomic mass is 16.5. The molecule has 0 radical (unpaired) electrons. The number of carbonyl (C=O) groups is 1. The van der Waals surface area contributed by atoms with Crippen LogP contribution in [0.15, 0.2) is 16.6 Å². The van der Waals surface area contributed by atoms with E-state index in [0.29, 0.717) is 45.3 Å². The minimum absolute atomic E-state index is 0.0583. The molecule has 1 saturated heterocycles. The Kier molecular flexibility index (Phi) is 6.04. The first-order valence-electron chi connectivity index (χ1n) is 14.6. The fourth-order valence-electron chi connectivity index (χ4n) is 9.93. The van der Waals surface area contributed by atoms with E-state index in [0.717, 1.165) is 44.1 Å². The first-order chi connectivity index (χ1) is 17.4. The predicted molar refractivity (Wildman–Crippen MR) is 139 cm³/mol. The summed E-state index contributed by atoms with van der Waals surface area (Å²) in [5, 5.41) is 35.4. The summed E-state index contributed by atoms with van der Waals surface area (Å²) >= 11 is 0. The molecular weight excluding hydrogens is 470 g/mol. The third kappa shape index (κ3) is 3.81. The van der Waals surface area contributed by atoms with Gasteiger partial charge in [-0.15, -0.1) is 0 Å². The fraction of sp³-hybridized carbons (Fsp3) is 0.867. The number of ether oxygens (including phenoxy) is 2. The fourth-order valence-corrected chi connectivity index (χ4v) is 9.93. The van der Waals surface area contributed by atoms with E-state index in [1.54, 1.807) is 6.08 Å². The molecule has 0 spiro atoms. The highest BCUT2D eigenvalue weighted by molar-refractivity contribution is 5.85. The monoisotopic (exact) mass is 515 g/mol. The number of rotatable bonds is 3. The van der Waals surface area contributed by atoms with Crippen LogP contribution in [-0.2, 0) is 14.3 Å². The van der Waals surface area contributed by atoms with Crippen molar-refractivity contribution in [3.63, 3.8) is 0 Å². The third-order valence-corrected chi connectivity index (χ3v) is 11.8. The van der Waals surface area contributed by atoms with Gasteiger partial charge in [0.1, 0.15) is 6.61 Å². The van der Waals surface area contributed by atoms with Gasteiger partial charge in [0.25, 0.3) is 0 Å². The zero-order valence-corrected chi connectivity index (χ0v) is 22.7. The molecule has 4 saturated carbocycles. The number of aliphatic imine (C=N–C) groups is 1. The average Bonchev–Trinajstić information content (AvgIpc) is 3.37. The molecule has 0 bridgehead atoms. The molecule has 0 aromatic carbocycles. The maximum Gasteiger partial charge on any atom is 0.331 e. The Morgan fingerprint density at radius 1 is 0.973 bits per heavy atom. The van der Waals surface area contributed by atoms with Crippen molar-refractivity contribution in [1.29, 1.82) is 0 Å². The number of nitrogens with zero attached hydrogens (tertiary/aromatic N) is 1. The maximum atomic E-state index is 12.5. The van der Waals surface area contributed by atoms with Gasteiger partial charge in [0, 0.05) is 36.1 Å². The van der Waals surface area contributed by atoms with Crippen LogP contribution in [-0.4, -0.2) is 69.7 Å². The third-order valence-electron chi connectivity index (χ3n) is 11.8. The molecule has 206 valence electrons. The number of cyclic esters (lactones) is 1.